The SMILES string of the molecule is CSc1ncnn2c([C@H]3O[C@H](COCc4ccccc4)[C@@H](OCc4ccccc4)[C@@H]3OCc3ccccc3)ccc12. The van der Waals surface area contributed by atoms with Crippen molar-refractivity contribution < 1.29 is 18.9 Å². The summed E-state index contributed by atoms with van der Waals surface area (Å²) in [7, 11) is 0. The first kappa shape index (κ1) is 27.6. The molecule has 0 unspecified atom stereocenters. The summed E-state index contributed by atoms with van der Waals surface area (Å²) >= 11 is 1.59. The average molecular weight is 568 g/mol. The second-order valence-electron chi connectivity index (χ2n) is 9.94. The van der Waals surface area contributed by atoms with Crippen LogP contribution < -0.4 is 0 Å². The molecule has 0 spiro atoms. The van der Waals surface area contributed by atoms with Gasteiger partial charge in [0.15, 0.2) is 0 Å². The van der Waals surface area contributed by atoms with Crippen molar-refractivity contribution in [3.63, 3.8) is 0 Å². The van der Waals surface area contributed by atoms with E-state index < -0.39 is 12.2 Å². The summed E-state index contributed by atoms with van der Waals surface area (Å²) in [6.45, 7) is 1.73. The van der Waals surface area contributed by atoms with Crippen LogP contribution in [-0.2, 0) is 38.8 Å². The number of aromatic nitrogens is 3. The molecule has 1 saturated heterocycles. The second kappa shape index (κ2) is 13.4. The third-order valence-corrected chi connectivity index (χ3v) is 7.91. The van der Waals surface area contributed by atoms with Gasteiger partial charge in [-0.3, -0.25) is 0 Å². The van der Waals surface area contributed by atoms with Crippen molar-refractivity contribution in [3.8, 4) is 0 Å². The van der Waals surface area contributed by atoms with Crippen LogP contribution in [0.2, 0.25) is 0 Å². The van der Waals surface area contributed by atoms with Crippen LogP contribution in [0.1, 0.15) is 28.5 Å². The number of nitrogens with zero attached hydrogens (tertiary/aromatic N) is 3. The Labute approximate surface area is 244 Å². The molecule has 3 heterocycles. The maximum Gasteiger partial charge on any atom is 0.137 e. The molecule has 1 aliphatic rings. The van der Waals surface area contributed by atoms with E-state index in [0.29, 0.717) is 26.4 Å². The van der Waals surface area contributed by atoms with E-state index in [1.165, 1.54) is 0 Å². The number of hydrogen-bond acceptors (Lipinski definition) is 7. The van der Waals surface area contributed by atoms with Crippen LogP contribution in [0, 0.1) is 0 Å². The Morgan fingerprint density at radius 3 is 1.93 bits per heavy atom. The fourth-order valence-electron chi connectivity index (χ4n) is 5.19. The number of ether oxygens (including phenoxy) is 4. The first-order valence-corrected chi connectivity index (χ1v) is 15.0. The Morgan fingerprint density at radius 2 is 1.32 bits per heavy atom. The van der Waals surface area contributed by atoms with E-state index in [1.54, 1.807) is 18.1 Å². The third-order valence-electron chi connectivity index (χ3n) is 7.21. The van der Waals surface area contributed by atoms with Crippen molar-refractivity contribution in [2.75, 3.05) is 12.9 Å². The predicted molar refractivity (Wildman–Crippen MR) is 159 cm³/mol. The van der Waals surface area contributed by atoms with Gasteiger partial charge in [-0.1, -0.05) is 91.0 Å². The van der Waals surface area contributed by atoms with Crippen molar-refractivity contribution >= 4 is 17.3 Å². The van der Waals surface area contributed by atoms with Gasteiger partial charge in [-0.25, -0.2) is 9.50 Å². The Hall–Kier alpha value is -3.53. The van der Waals surface area contributed by atoms with Crippen LogP contribution in [0.5, 0.6) is 0 Å². The van der Waals surface area contributed by atoms with E-state index in [0.717, 1.165) is 32.9 Å². The fourth-order valence-corrected chi connectivity index (χ4v) is 5.70. The molecule has 210 valence electrons. The van der Waals surface area contributed by atoms with Gasteiger partial charge in [0.05, 0.1) is 37.6 Å². The molecule has 8 heteroatoms. The second-order valence-corrected chi connectivity index (χ2v) is 10.7. The van der Waals surface area contributed by atoms with Gasteiger partial charge in [0.2, 0.25) is 0 Å². The highest BCUT2D eigenvalue weighted by molar-refractivity contribution is 7.98. The van der Waals surface area contributed by atoms with Crippen LogP contribution in [0.4, 0.5) is 0 Å². The van der Waals surface area contributed by atoms with E-state index >= 15 is 0 Å². The quantitative estimate of drug-likeness (QED) is 0.164. The van der Waals surface area contributed by atoms with Gasteiger partial charge in [-0.05, 0) is 35.1 Å². The van der Waals surface area contributed by atoms with Crippen molar-refractivity contribution in [3.05, 3.63) is 132 Å². The maximum atomic E-state index is 6.76. The highest BCUT2D eigenvalue weighted by atomic mass is 32.2. The molecule has 0 radical (unpaired) electrons. The van der Waals surface area contributed by atoms with Gasteiger partial charge >= 0.3 is 0 Å². The molecule has 0 bridgehead atoms. The molecule has 0 N–H and O–H groups in total. The van der Waals surface area contributed by atoms with Crippen LogP contribution in [-0.4, -0.2) is 45.8 Å². The number of fused-ring (bicyclic) bond motifs is 1. The fraction of sp³-hybridized carbons (Fsp3) is 0.273. The minimum atomic E-state index is -0.420. The van der Waals surface area contributed by atoms with Gasteiger partial charge in [-0.15, -0.1) is 11.8 Å². The molecule has 41 heavy (non-hydrogen) atoms. The van der Waals surface area contributed by atoms with E-state index in [9.17, 15) is 0 Å². The molecule has 7 nitrogen and oxygen atoms in total. The third kappa shape index (κ3) is 6.53. The van der Waals surface area contributed by atoms with Crippen LogP contribution >= 0.6 is 11.8 Å². The number of thioether (sulfide) groups is 1. The Bertz CT molecular complexity index is 1520. The molecule has 2 aromatic heterocycles. The van der Waals surface area contributed by atoms with Crippen molar-refractivity contribution in [2.45, 2.75) is 49.3 Å². The smallest absolute Gasteiger partial charge is 0.137 e. The molecule has 0 aliphatic carbocycles. The first-order valence-electron chi connectivity index (χ1n) is 13.7. The lowest BCUT2D eigenvalue weighted by molar-refractivity contribution is -0.0898. The lowest BCUT2D eigenvalue weighted by Gasteiger charge is -2.25. The van der Waals surface area contributed by atoms with E-state index in [1.807, 2.05) is 71.4 Å². The van der Waals surface area contributed by atoms with Crippen molar-refractivity contribution in [2.24, 2.45) is 0 Å². The highest BCUT2D eigenvalue weighted by Crippen LogP contribution is 2.39. The van der Waals surface area contributed by atoms with Gasteiger partial charge in [0, 0.05) is 0 Å². The van der Waals surface area contributed by atoms with Crippen molar-refractivity contribution in [1.29, 1.82) is 0 Å². The van der Waals surface area contributed by atoms with Crippen LogP contribution in [0.25, 0.3) is 5.52 Å². The Balaban J connectivity index is 1.30. The lowest BCUT2D eigenvalue weighted by atomic mass is 10.0. The number of hydrogen-bond donors (Lipinski definition) is 0. The molecule has 1 fully saturated rings. The molecule has 0 saturated carbocycles. The zero-order valence-corrected chi connectivity index (χ0v) is 23.7. The largest absolute Gasteiger partial charge is 0.374 e. The molecule has 4 atom stereocenters. The van der Waals surface area contributed by atoms with Gasteiger partial charge in [0.25, 0.3) is 0 Å². The summed E-state index contributed by atoms with van der Waals surface area (Å²) in [6, 6.07) is 34.6. The highest BCUT2D eigenvalue weighted by Gasteiger charge is 2.48. The van der Waals surface area contributed by atoms with E-state index in [2.05, 4.69) is 52.5 Å². The summed E-state index contributed by atoms with van der Waals surface area (Å²) < 4.78 is 28.1. The zero-order chi connectivity index (χ0) is 27.9. The van der Waals surface area contributed by atoms with Gasteiger partial charge in [0.1, 0.15) is 35.8 Å². The van der Waals surface area contributed by atoms with Gasteiger partial charge in [-0.2, -0.15) is 5.10 Å². The minimum absolute atomic E-state index is 0.347. The molecule has 0 amide bonds. The predicted octanol–water partition coefficient (Wildman–Crippen LogP) is 6.28. The zero-order valence-electron chi connectivity index (χ0n) is 22.9. The number of benzene rings is 3. The average Bonchev–Trinajstić information content (AvgIpc) is 3.61. The molecule has 3 aromatic carbocycles. The summed E-state index contributed by atoms with van der Waals surface area (Å²) in [6.07, 6.45) is 2.07. The van der Waals surface area contributed by atoms with Crippen molar-refractivity contribution in [1.82, 2.24) is 14.6 Å². The summed E-state index contributed by atoms with van der Waals surface area (Å²) in [5.41, 5.74) is 5.12. The van der Waals surface area contributed by atoms with E-state index in [-0.39, 0.29) is 12.2 Å². The monoisotopic (exact) mass is 567 g/mol. The minimum Gasteiger partial charge on any atom is -0.374 e. The topological polar surface area (TPSA) is 67.1 Å². The molecule has 1 aliphatic heterocycles. The maximum absolute atomic E-state index is 6.76. The molecular formula is C33H33N3O4S. The normalized spacial score (nSPS) is 20.5. The molecule has 6 rings (SSSR count). The standard InChI is InChI=1S/C33H33N3O4S/c1-41-33-28-18-17-27(36(28)35-23-34-33)30-32(39-21-26-15-9-4-10-16-26)31(38-20-25-13-7-3-8-14-25)29(40-30)22-37-19-24-11-5-2-6-12-24/h2-18,23,29-32H,19-22H2,1H3/t29-,30-,31-,32-/m1/s1. The molecular weight excluding hydrogens is 534 g/mol. The summed E-state index contributed by atoms with van der Waals surface area (Å²) in [5.74, 6) is 0. The van der Waals surface area contributed by atoms with Gasteiger partial charge < -0.3 is 18.9 Å². The van der Waals surface area contributed by atoms with Crippen LogP contribution in [0.15, 0.2) is 114 Å². The van der Waals surface area contributed by atoms with E-state index in [4.69, 9.17) is 18.9 Å². The molecule has 5 aromatic rings. The Kier molecular flexibility index (Phi) is 9.04. The van der Waals surface area contributed by atoms with Crippen LogP contribution in [0.3, 0.4) is 0 Å². The number of rotatable bonds is 12. The first-order chi connectivity index (χ1) is 20.3. The Morgan fingerprint density at radius 1 is 0.732 bits per heavy atom. The lowest BCUT2D eigenvalue weighted by Crippen LogP contribution is -2.38. The summed E-state index contributed by atoms with van der Waals surface area (Å²) in [5, 5.41) is 5.49. The summed E-state index contributed by atoms with van der Waals surface area (Å²) in [4.78, 5) is 4.44.